The zero-order valence-corrected chi connectivity index (χ0v) is 23.6. The van der Waals surface area contributed by atoms with Gasteiger partial charge < -0.3 is 0 Å². The highest BCUT2D eigenvalue weighted by atomic mass is 14.3. The molecule has 0 aromatic heterocycles. The second-order valence-electron chi connectivity index (χ2n) is 12.3. The summed E-state index contributed by atoms with van der Waals surface area (Å²) in [6.45, 7) is 6.36. The lowest BCUT2D eigenvalue weighted by Gasteiger charge is -2.32. The fraction of sp³-hybridized carbons (Fsp3) is 1.00. The Bertz CT molecular complexity index is 332. The van der Waals surface area contributed by atoms with Crippen molar-refractivity contribution in [2.75, 3.05) is 0 Å². The molecule has 0 spiro atoms. The SMILES string of the molecule is C1CCC(C2CCCCC2)CC1.C1CCC(C2CCCCC2)CC1.CC.CC1CCCCC1. The van der Waals surface area contributed by atoms with Gasteiger partial charge in [0.2, 0.25) is 0 Å². The lowest BCUT2D eigenvalue weighted by Crippen LogP contribution is -2.20. The average molecular weight is 461 g/mol. The van der Waals surface area contributed by atoms with Crippen molar-refractivity contribution in [2.45, 2.75) is 181 Å². The highest BCUT2D eigenvalue weighted by Gasteiger charge is 2.25. The first-order chi connectivity index (χ1) is 16.3. The molecule has 5 aliphatic rings. The molecular formula is C33H64. The molecule has 0 heterocycles. The van der Waals surface area contributed by atoms with Crippen molar-refractivity contribution in [3.63, 3.8) is 0 Å². The molecule has 0 aromatic rings. The summed E-state index contributed by atoms with van der Waals surface area (Å²) in [5, 5.41) is 0. The standard InChI is InChI=1S/2C12H22.C7H14.C2H6/c2*1-3-7-11(8-4-1)12-9-5-2-6-10-12;1-7-5-3-2-4-6-7;1-2/h2*11-12H,1-10H2;7H,2-6H2,1H3;1-2H3. The minimum atomic E-state index is 1.04. The first-order valence-corrected chi connectivity index (χ1v) is 16.3. The van der Waals surface area contributed by atoms with Gasteiger partial charge in [-0.1, -0.05) is 181 Å². The summed E-state index contributed by atoms with van der Waals surface area (Å²) < 4.78 is 0. The minimum absolute atomic E-state index is 1.04. The lowest BCUT2D eigenvalue weighted by molar-refractivity contribution is 0.196. The third kappa shape index (κ3) is 12.5. The van der Waals surface area contributed by atoms with E-state index in [1.54, 1.807) is 51.4 Å². The molecule has 0 unspecified atom stereocenters. The Hall–Kier alpha value is 0. The van der Waals surface area contributed by atoms with E-state index in [4.69, 9.17) is 0 Å². The minimum Gasteiger partial charge on any atom is -0.0683 e. The molecule has 0 nitrogen and oxygen atoms in total. The van der Waals surface area contributed by atoms with Crippen LogP contribution in [0.4, 0.5) is 0 Å². The van der Waals surface area contributed by atoms with Gasteiger partial charge in [0, 0.05) is 0 Å². The fourth-order valence-electron chi connectivity index (χ4n) is 7.73. The van der Waals surface area contributed by atoms with Gasteiger partial charge in [-0.15, -0.1) is 0 Å². The molecule has 0 amide bonds. The van der Waals surface area contributed by atoms with E-state index < -0.39 is 0 Å². The van der Waals surface area contributed by atoms with Crippen LogP contribution < -0.4 is 0 Å². The van der Waals surface area contributed by atoms with Gasteiger partial charge >= 0.3 is 0 Å². The molecular weight excluding hydrogens is 396 g/mol. The Kier molecular flexibility index (Phi) is 17.0. The van der Waals surface area contributed by atoms with E-state index in [9.17, 15) is 0 Å². The van der Waals surface area contributed by atoms with Crippen LogP contribution in [-0.2, 0) is 0 Å². The number of hydrogen-bond donors (Lipinski definition) is 0. The van der Waals surface area contributed by atoms with Gasteiger partial charge in [-0.2, -0.15) is 0 Å². The van der Waals surface area contributed by atoms with Crippen molar-refractivity contribution in [2.24, 2.45) is 29.6 Å². The van der Waals surface area contributed by atoms with Crippen LogP contribution in [-0.4, -0.2) is 0 Å². The molecule has 196 valence electrons. The smallest absolute Gasteiger partial charge is 0.0386 e. The molecule has 0 aromatic carbocycles. The summed E-state index contributed by atoms with van der Waals surface area (Å²) >= 11 is 0. The summed E-state index contributed by atoms with van der Waals surface area (Å²) in [7, 11) is 0. The molecule has 0 atom stereocenters. The van der Waals surface area contributed by atoms with Gasteiger partial charge in [0.15, 0.2) is 0 Å². The summed E-state index contributed by atoms with van der Waals surface area (Å²) in [5.74, 6) is 5.59. The molecule has 0 saturated heterocycles. The maximum atomic E-state index is 2.36. The van der Waals surface area contributed by atoms with Crippen LogP contribution in [0.3, 0.4) is 0 Å². The molecule has 0 radical (unpaired) electrons. The largest absolute Gasteiger partial charge is 0.0683 e. The van der Waals surface area contributed by atoms with Crippen LogP contribution in [0.2, 0.25) is 0 Å². The van der Waals surface area contributed by atoms with E-state index in [-0.39, 0.29) is 0 Å². The van der Waals surface area contributed by atoms with E-state index in [1.807, 2.05) is 13.8 Å². The monoisotopic (exact) mass is 461 g/mol. The quantitative estimate of drug-likeness (QED) is 0.384. The van der Waals surface area contributed by atoms with Crippen LogP contribution >= 0.6 is 0 Å². The maximum absolute atomic E-state index is 2.36. The fourth-order valence-corrected chi connectivity index (χ4v) is 7.73. The van der Waals surface area contributed by atoms with E-state index in [2.05, 4.69) is 6.92 Å². The van der Waals surface area contributed by atoms with Crippen LogP contribution in [0.25, 0.3) is 0 Å². The van der Waals surface area contributed by atoms with Gasteiger partial charge in [0.25, 0.3) is 0 Å². The van der Waals surface area contributed by atoms with Crippen molar-refractivity contribution in [1.29, 1.82) is 0 Å². The first-order valence-electron chi connectivity index (χ1n) is 16.3. The van der Waals surface area contributed by atoms with Gasteiger partial charge in [0.1, 0.15) is 0 Å². The number of hydrogen-bond acceptors (Lipinski definition) is 0. The van der Waals surface area contributed by atoms with Crippen LogP contribution in [0.5, 0.6) is 0 Å². The Morgan fingerprint density at radius 1 is 0.273 bits per heavy atom. The van der Waals surface area contributed by atoms with Gasteiger partial charge in [-0.05, 0) is 29.6 Å². The topological polar surface area (TPSA) is 0 Å². The van der Waals surface area contributed by atoms with Crippen LogP contribution in [0, 0.1) is 29.6 Å². The number of rotatable bonds is 2. The van der Waals surface area contributed by atoms with Crippen LogP contribution in [0.15, 0.2) is 0 Å². The zero-order valence-electron chi connectivity index (χ0n) is 23.6. The van der Waals surface area contributed by atoms with E-state index >= 15 is 0 Å². The second kappa shape index (κ2) is 19.2. The summed E-state index contributed by atoms with van der Waals surface area (Å²) in [5.41, 5.74) is 0. The molecule has 0 N–H and O–H groups in total. The molecule has 0 heteroatoms. The molecule has 5 aliphatic carbocycles. The average Bonchev–Trinajstić information content (AvgIpc) is 2.93. The van der Waals surface area contributed by atoms with Crippen molar-refractivity contribution < 1.29 is 0 Å². The Morgan fingerprint density at radius 2 is 0.455 bits per heavy atom. The van der Waals surface area contributed by atoms with Crippen molar-refractivity contribution in [3.05, 3.63) is 0 Å². The molecule has 5 rings (SSSR count). The molecule has 33 heavy (non-hydrogen) atoms. The van der Waals surface area contributed by atoms with Crippen molar-refractivity contribution in [3.8, 4) is 0 Å². The van der Waals surface area contributed by atoms with E-state index in [1.165, 1.54) is 109 Å². The Labute approximate surface area is 210 Å². The Morgan fingerprint density at radius 3 is 0.606 bits per heavy atom. The first kappa shape index (κ1) is 29.2. The Balaban J connectivity index is 0.000000174. The predicted molar refractivity (Wildman–Crippen MR) is 150 cm³/mol. The normalized spacial score (nSPS) is 26.6. The predicted octanol–water partition coefficient (Wildman–Crippen LogP) is 11.9. The summed E-state index contributed by atoms with van der Waals surface area (Å²) in [4.78, 5) is 0. The molecule has 0 aliphatic heterocycles. The summed E-state index contributed by atoms with van der Waals surface area (Å²) in [6, 6.07) is 0. The van der Waals surface area contributed by atoms with Gasteiger partial charge in [0.05, 0.1) is 0 Å². The van der Waals surface area contributed by atoms with Crippen molar-refractivity contribution in [1.82, 2.24) is 0 Å². The van der Waals surface area contributed by atoms with Gasteiger partial charge in [-0.25, -0.2) is 0 Å². The zero-order chi connectivity index (χ0) is 23.6. The third-order valence-corrected chi connectivity index (χ3v) is 9.83. The van der Waals surface area contributed by atoms with E-state index in [0.29, 0.717) is 0 Å². The third-order valence-electron chi connectivity index (χ3n) is 9.83. The highest BCUT2D eigenvalue weighted by Crippen LogP contribution is 2.39. The van der Waals surface area contributed by atoms with Gasteiger partial charge in [-0.3, -0.25) is 0 Å². The summed E-state index contributed by atoms with van der Waals surface area (Å²) in [6.07, 6.45) is 38.2. The van der Waals surface area contributed by atoms with E-state index in [0.717, 1.165) is 29.6 Å². The highest BCUT2D eigenvalue weighted by molar-refractivity contribution is 4.77. The van der Waals surface area contributed by atoms with Crippen molar-refractivity contribution >= 4 is 0 Å². The molecule has 0 bridgehead atoms. The molecule has 5 saturated carbocycles. The second-order valence-corrected chi connectivity index (χ2v) is 12.3. The van der Waals surface area contributed by atoms with Crippen LogP contribution in [0.1, 0.15) is 181 Å². The molecule has 5 fully saturated rings. The maximum Gasteiger partial charge on any atom is -0.0386 e. The lowest BCUT2D eigenvalue weighted by atomic mass is 9.73.